The van der Waals surface area contributed by atoms with Crippen LogP contribution in [0.1, 0.15) is 15.9 Å². The highest BCUT2D eigenvalue weighted by atomic mass is 35.5. The lowest BCUT2D eigenvalue weighted by atomic mass is 10.0. The van der Waals surface area contributed by atoms with Crippen molar-refractivity contribution in [3.63, 3.8) is 0 Å². The number of carbonyl (C=O) groups excluding carboxylic acids is 1. The second-order valence-corrected chi connectivity index (χ2v) is 3.95. The smallest absolute Gasteiger partial charge is 0.151 e. The van der Waals surface area contributed by atoms with Gasteiger partial charge in [0.15, 0.2) is 6.29 Å². The number of aryl methyl sites for hydroxylation is 1. The van der Waals surface area contributed by atoms with E-state index in [1.165, 1.54) is 0 Å². The molecule has 0 aliphatic rings. The molecule has 1 heterocycles. The van der Waals surface area contributed by atoms with Crippen molar-refractivity contribution in [3.8, 4) is 11.1 Å². The number of pyridine rings is 1. The Morgan fingerprint density at radius 1 is 1.31 bits per heavy atom. The van der Waals surface area contributed by atoms with E-state index in [9.17, 15) is 4.79 Å². The summed E-state index contributed by atoms with van der Waals surface area (Å²) in [7, 11) is 0. The zero-order valence-electron chi connectivity index (χ0n) is 8.77. The number of hydrogen-bond acceptors (Lipinski definition) is 2. The maximum absolute atomic E-state index is 10.8. The third-order valence-corrected chi connectivity index (χ3v) is 2.80. The number of aldehydes is 1. The van der Waals surface area contributed by atoms with Crippen LogP contribution < -0.4 is 0 Å². The Hall–Kier alpha value is -1.67. The highest BCUT2D eigenvalue weighted by molar-refractivity contribution is 6.33. The Morgan fingerprint density at radius 2 is 2.12 bits per heavy atom. The Bertz CT molecular complexity index is 537. The molecule has 0 saturated heterocycles. The first-order chi connectivity index (χ1) is 7.72. The predicted octanol–water partition coefficient (Wildman–Crippen LogP) is 3.52. The molecule has 0 radical (unpaired) electrons. The molecule has 2 nitrogen and oxygen atoms in total. The molecule has 1 aromatic heterocycles. The van der Waals surface area contributed by atoms with Crippen LogP contribution in [-0.2, 0) is 0 Å². The van der Waals surface area contributed by atoms with Gasteiger partial charge < -0.3 is 0 Å². The van der Waals surface area contributed by atoms with Crippen LogP contribution in [0.5, 0.6) is 0 Å². The minimum absolute atomic E-state index is 0.477. The molecule has 16 heavy (non-hydrogen) atoms. The number of carbonyl (C=O) groups is 1. The van der Waals surface area contributed by atoms with Crippen LogP contribution >= 0.6 is 11.6 Å². The SMILES string of the molecule is Cc1cnccc1-c1ccc(Cl)c(C=O)c1. The van der Waals surface area contributed by atoms with E-state index in [1.807, 2.05) is 19.1 Å². The minimum Gasteiger partial charge on any atom is -0.298 e. The summed E-state index contributed by atoms with van der Waals surface area (Å²) in [5, 5.41) is 0.477. The quantitative estimate of drug-likeness (QED) is 0.741. The lowest BCUT2D eigenvalue weighted by molar-refractivity contribution is 0.112. The molecule has 1 aromatic carbocycles. The summed E-state index contributed by atoms with van der Waals surface area (Å²) in [5.74, 6) is 0. The van der Waals surface area contributed by atoms with Crippen molar-refractivity contribution >= 4 is 17.9 Å². The second-order valence-electron chi connectivity index (χ2n) is 3.54. The van der Waals surface area contributed by atoms with Gasteiger partial charge in [-0.3, -0.25) is 9.78 Å². The average molecular weight is 232 g/mol. The normalized spacial score (nSPS) is 10.1. The number of hydrogen-bond donors (Lipinski definition) is 0. The molecule has 0 atom stereocenters. The molecule has 0 aliphatic heterocycles. The molecule has 0 spiro atoms. The second kappa shape index (κ2) is 4.45. The first kappa shape index (κ1) is 10.8. The third kappa shape index (κ3) is 1.97. The fourth-order valence-corrected chi connectivity index (χ4v) is 1.76. The fourth-order valence-electron chi connectivity index (χ4n) is 1.60. The van der Waals surface area contributed by atoms with Crippen LogP contribution in [0, 0.1) is 6.92 Å². The molecule has 0 amide bonds. The summed E-state index contributed by atoms with van der Waals surface area (Å²) < 4.78 is 0. The summed E-state index contributed by atoms with van der Waals surface area (Å²) in [5.41, 5.74) is 3.62. The number of nitrogens with zero attached hydrogens (tertiary/aromatic N) is 1. The van der Waals surface area contributed by atoms with Crippen molar-refractivity contribution < 1.29 is 4.79 Å². The van der Waals surface area contributed by atoms with Gasteiger partial charge in [0.1, 0.15) is 0 Å². The third-order valence-electron chi connectivity index (χ3n) is 2.45. The van der Waals surface area contributed by atoms with Gasteiger partial charge in [-0.15, -0.1) is 0 Å². The van der Waals surface area contributed by atoms with E-state index in [0.717, 1.165) is 23.0 Å². The maximum atomic E-state index is 10.8. The Labute approximate surface area is 98.9 Å². The Kier molecular flexibility index (Phi) is 3.02. The predicted molar refractivity (Wildman–Crippen MR) is 64.8 cm³/mol. The Balaban J connectivity index is 2.57. The van der Waals surface area contributed by atoms with Gasteiger partial charge in [-0.25, -0.2) is 0 Å². The zero-order chi connectivity index (χ0) is 11.5. The Morgan fingerprint density at radius 3 is 2.81 bits per heavy atom. The summed E-state index contributed by atoms with van der Waals surface area (Å²) >= 11 is 5.88. The van der Waals surface area contributed by atoms with E-state index < -0.39 is 0 Å². The minimum atomic E-state index is 0.477. The molecule has 2 aromatic rings. The van der Waals surface area contributed by atoms with E-state index in [4.69, 9.17) is 11.6 Å². The molecule has 80 valence electrons. The molecule has 0 N–H and O–H groups in total. The highest BCUT2D eigenvalue weighted by Gasteiger charge is 2.05. The molecule has 2 rings (SSSR count). The summed E-state index contributed by atoms with van der Waals surface area (Å²) in [6.07, 6.45) is 4.30. The summed E-state index contributed by atoms with van der Waals surface area (Å²) in [4.78, 5) is 14.8. The van der Waals surface area contributed by atoms with Crippen LogP contribution in [0.2, 0.25) is 5.02 Å². The first-order valence-corrected chi connectivity index (χ1v) is 5.26. The number of benzene rings is 1. The van der Waals surface area contributed by atoms with Gasteiger partial charge in [0, 0.05) is 18.0 Å². The van der Waals surface area contributed by atoms with Crippen LogP contribution in [0.3, 0.4) is 0 Å². The molecular formula is C13H10ClNO. The lowest BCUT2D eigenvalue weighted by Gasteiger charge is -2.06. The van der Waals surface area contributed by atoms with Crippen LogP contribution in [-0.4, -0.2) is 11.3 Å². The van der Waals surface area contributed by atoms with E-state index in [0.29, 0.717) is 10.6 Å². The van der Waals surface area contributed by atoms with E-state index in [2.05, 4.69) is 4.98 Å². The molecule has 0 saturated carbocycles. The van der Waals surface area contributed by atoms with Crippen LogP contribution in [0.25, 0.3) is 11.1 Å². The first-order valence-electron chi connectivity index (χ1n) is 4.88. The summed E-state index contributed by atoms with van der Waals surface area (Å²) in [6, 6.07) is 7.35. The van der Waals surface area contributed by atoms with Gasteiger partial charge in [0.25, 0.3) is 0 Å². The average Bonchev–Trinajstić information content (AvgIpc) is 2.31. The fraction of sp³-hybridized carbons (Fsp3) is 0.0769. The van der Waals surface area contributed by atoms with Gasteiger partial charge in [-0.1, -0.05) is 17.7 Å². The van der Waals surface area contributed by atoms with E-state index in [1.54, 1.807) is 24.5 Å². The topological polar surface area (TPSA) is 30.0 Å². The van der Waals surface area contributed by atoms with Gasteiger partial charge in [-0.2, -0.15) is 0 Å². The highest BCUT2D eigenvalue weighted by Crippen LogP contribution is 2.26. The van der Waals surface area contributed by atoms with Crippen molar-refractivity contribution in [1.82, 2.24) is 4.98 Å². The van der Waals surface area contributed by atoms with E-state index in [-0.39, 0.29) is 0 Å². The van der Waals surface area contributed by atoms with Crippen molar-refractivity contribution in [2.45, 2.75) is 6.92 Å². The number of rotatable bonds is 2. The molecule has 0 bridgehead atoms. The summed E-state index contributed by atoms with van der Waals surface area (Å²) in [6.45, 7) is 1.98. The molecule has 0 fully saturated rings. The van der Waals surface area contributed by atoms with Crippen molar-refractivity contribution in [2.24, 2.45) is 0 Å². The lowest BCUT2D eigenvalue weighted by Crippen LogP contribution is -1.88. The number of aromatic nitrogens is 1. The maximum Gasteiger partial charge on any atom is 0.151 e. The molecule has 3 heteroatoms. The van der Waals surface area contributed by atoms with Gasteiger partial charge >= 0.3 is 0 Å². The van der Waals surface area contributed by atoms with Gasteiger partial charge in [-0.05, 0) is 41.8 Å². The van der Waals surface area contributed by atoms with Crippen molar-refractivity contribution in [1.29, 1.82) is 0 Å². The van der Waals surface area contributed by atoms with Crippen LogP contribution in [0.15, 0.2) is 36.7 Å². The standard InChI is InChI=1S/C13H10ClNO/c1-9-7-15-5-4-12(9)10-2-3-13(14)11(6-10)8-16/h2-8H,1H3. The van der Waals surface area contributed by atoms with Crippen LogP contribution in [0.4, 0.5) is 0 Å². The van der Waals surface area contributed by atoms with Gasteiger partial charge in [0.2, 0.25) is 0 Å². The zero-order valence-corrected chi connectivity index (χ0v) is 9.53. The largest absolute Gasteiger partial charge is 0.298 e. The van der Waals surface area contributed by atoms with Gasteiger partial charge in [0.05, 0.1) is 5.02 Å². The van der Waals surface area contributed by atoms with Crippen molar-refractivity contribution in [3.05, 3.63) is 52.8 Å². The monoisotopic (exact) mass is 231 g/mol. The molecular weight excluding hydrogens is 222 g/mol. The van der Waals surface area contributed by atoms with Crippen molar-refractivity contribution in [2.75, 3.05) is 0 Å². The number of halogens is 1. The molecule has 0 aliphatic carbocycles. The molecule has 0 unspecified atom stereocenters. The van der Waals surface area contributed by atoms with E-state index >= 15 is 0 Å².